The number of nitrogens with one attached hydrogen (secondary N) is 1. The van der Waals surface area contributed by atoms with Gasteiger partial charge < -0.3 is 20.5 Å². The zero-order valence-electron chi connectivity index (χ0n) is 27.4. The molecule has 8 heteroatoms. The van der Waals surface area contributed by atoms with Gasteiger partial charge in [-0.25, -0.2) is 4.79 Å². The Morgan fingerprint density at radius 3 is 2.39 bits per heavy atom. The SMILES string of the molecule is C=C(CC(C)(C)CC)c1cc(-c2cc(CC(NC(=O)C(C3CCCC3)N(C)C)C(C)=O)cc(OC(=C=O)OC)c2)ccc1N. The number of anilines is 1. The predicted molar refractivity (Wildman–Crippen MR) is 177 cm³/mol. The Bertz CT molecular complexity index is 1400. The molecule has 1 amide bonds. The molecule has 2 aromatic rings. The van der Waals surface area contributed by atoms with Crippen LogP contribution < -0.4 is 15.8 Å². The smallest absolute Gasteiger partial charge is 0.375 e. The molecule has 0 bridgehead atoms. The lowest BCUT2D eigenvalue weighted by Crippen LogP contribution is -2.52. The van der Waals surface area contributed by atoms with E-state index in [2.05, 4.69) is 32.7 Å². The van der Waals surface area contributed by atoms with E-state index in [0.717, 1.165) is 66.4 Å². The highest BCUT2D eigenvalue weighted by Gasteiger charge is 2.34. The fraction of sp³-hybridized carbons (Fsp3) is 0.500. The van der Waals surface area contributed by atoms with Crippen LogP contribution in [0.25, 0.3) is 16.7 Å². The number of carbonyl (C=O) groups excluding carboxylic acids is 3. The summed E-state index contributed by atoms with van der Waals surface area (Å²) in [5.74, 6) is 1.65. The molecule has 2 unspecified atom stereocenters. The summed E-state index contributed by atoms with van der Waals surface area (Å²) in [6.07, 6.45) is 6.27. The van der Waals surface area contributed by atoms with Gasteiger partial charge in [-0.1, -0.05) is 58.7 Å². The van der Waals surface area contributed by atoms with E-state index < -0.39 is 6.04 Å². The number of amides is 1. The van der Waals surface area contributed by atoms with Gasteiger partial charge in [0, 0.05) is 11.3 Å². The van der Waals surface area contributed by atoms with Crippen LogP contribution in [-0.2, 0) is 25.5 Å². The van der Waals surface area contributed by atoms with Gasteiger partial charge >= 0.3 is 5.95 Å². The number of hydrogen-bond acceptors (Lipinski definition) is 7. The van der Waals surface area contributed by atoms with E-state index in [-0.39, 0.29) is 41.4 Å². The number of Topliss-reactive ketones (excluding diaryl/α,β-unsaturated/α-hetero) is 1. The zero-order valence-corrected chi connectivity index (χ0v) is 27.4. The van der Waals surface area contributed by atoms with Gasteiger partial charge in [-0.2, -0.15) is 0 Å². The second kappa shape index (κ2) is 15.2. The Morgan fingerprint density at radius 1 is 1.14 bits per heavy atom. The quantitative estimate of drug-likeness (QED) is 0.141. The van der Waals surface area contributed by atoms with Crippen LogP contribution in [0.1, 0.15) is 77.3 Å². The van der Waals surface area contributed by atoms with Crippen LogP contribution >= 0.6 is 0 Å². The van der Waals surface area contributed by atoms with Crippen LogP contribution in [0.3, 0.4) is 0 Å². The molecule has 238 valence electrons. The summed E-state index contributed by atoms with van der Waals surface area (Å²) in [5, 5.41) is 3.03. The van der Waals surface area contributed by atoms with Crippen molar-refractivity contribution in [1.82, 2.24) is 10.2 Å². The van der Waals surface area contributed by atoms with Crippen LogP contribution in [0.15, 0.2) is 48.9 Å². The largest absolute Gasteiger partial charge is 0.460 e. The van der Waals surface area contributed by atoms with Crippen molar-refractivity contribution in [1.29, 1.82) is 0 Å². The number of carbonyl (C=O) groups is 2. The highest BCUT2D eigenvalue weighted by atomic mass is 16.7. The summed E-state index contributed by atoms with van der Waals surface area (Å²) in [5.41, 5.74) is 11.3. The lowest BCUT2D eigenvalue weighted by molar-refractivity contribution is -0.131. The summed E-state index contributed by atoms with van der Waals surface area (Å²) < 4.78 is 10.7. The summed E-state index contributed by atoms with van der Waals surface area (Å²) in [6, 6.07) is 10.2. The summed E-state index contributed by atoms with van der Waals surface area (Å²) in [4.78, 5) is 39.6. The van der Waals surface area contributed by atoms with E-state index in [0.29, 0.717) is 11.4 Å². The van der Waals surface area contributed by atoms with Crippen LogP contribution in [0, 0.1) is 11.3 Å². The number of ketones is 1. The number of allylic oxidation sites excluding steroid dienone is 1. The van der Waals surface area contributed by atoms with Gasteiger partial charge in [0.25, 0.3) is 0 Å². The van der Waals surface area contributed by atoms with Crippen molar-refractivity contribution < 1.29 is 23.9 Å². The number of likely N-dealkylation sites (N-methyl/N-ethyl adjacent to an activating group) is 1. The van der Waals surface area contributed by atoms with Crippen LogP contribution in [0.4, 0.5) is 5.69 Å². The van der Waals surface area contributed by atoms with Crippen molar-refractivity contribution in [2.45, 2.75) is 84.7 Å². The molecule has 44 heavy (non-hydrogen) atoms. The van der Waals surface area contributed by atoms with Gasteiger partial charge in [-0.3, -0.25) is 14.5 Å². The summed E-state index contributed by atoms with van der Waals surface area (Å²) >= 11 is 0. The van der Waals surface area contributed by atoms with Crippen LogP contribution in [-0.4, -0.2) is 55.8 Å². The molecule has 2 atom stereocenters. The molecule has 3 N–H and O–H groups in total. The Kier molecular flexibility index (Phi) is 12.0. The fourth-order valence-electron chi connectivity index (χ4n) is 5.99. The molecule has 0 saturated heterocycles. The van der Waals surface area contributed by atoms with Gasteiger partial charge in [-0.15, -0.1) is 0 Å². The third-order valence-corrected chi connectivity index (χ3v) is 8.78. The highest BCUT2D eigenvalue weighted by molar-refractivity contribution is 5.90. The zero-order chi connectivity index (χ0) is 32.6. The minimum absolute atomic E-state index is 0.0770. The Morgan fingerprint density at radius 2 is 1.82 bits per heavy atom. The minimum Gasteiger partial charge on any atom is -0.460 e. The maximum absolute atomic E-state index is 13.5. The first-order valence-electron chi connectivity index (χ1n) is 15.4. The molecule has 0 heterocycles. The molecule has 3 rings (SSSR count). The first-order chi connectivity index (χ1) is 20.8. The second-order valence-electron chi connectivity index (χ2n) is 13.0. The lowest BCUT2D eigenvalue weighted by Gasteiger charge is -2.30. The average molecular weight is 604 g/mol. The molecule has 1 aliphatic carbocycles. The Balaban J connectivity index is 2.00. The predicted octanol–water partition coefficient (Wildman–Crippen LogP) is 6.21. The molecule has 0 radical (unpaired) electrons. The maximum Gasteiger partial charge on any atom is 0.375 e. The van der Waals surface area contributed by atoms with Crippen molar-refractivity contribution in [2.75, 3.05) is 26.9 Å². The second-order valence-corrected chi connectivity index (χ2v) is 13.0. The molecule has 2 aromatic carbocycles. The average Bonchev–Trinajstić information content (AvgIpc) is 3.49. The van der Waals surface area contributed by atoms with E-state index in [1.165, 1.54) is 14.0 Å². The fourth-order valence-corrected chi connectivity index (χ4v) is 5.99. The topological polar surface area (TPSA) is 111 Å². The van der Waals surface area contributed by atoms with E-state index >= 15 is 0 Å². The molecule has 1 fully saturated rings. The molecule has 8 nitrogen and oxygen atoms in total. The Labute approximate surface area is 262 Å². The van der Waals surface area contributed by atoms with E-state index in [1.807, 2.05) is 43.3 Å². The van der Waals surface area contributed by atoms with Crippen LogP contribution in [0.2, 0.25) is 0 Å². The van der Waals surface area contributed by atoms with Crippen molar-refractivity contribution in [2.24, 2.45) is 11.3 Å². The number of ether oxygens (including phenoxy) is 2. The normalized spacial score (nSPS) is 14.9. The third-order valence-electron chi connectivity index (χ3n) is 8.78. The molecule has 1 aliphatic rings. The first-order valence-corrected chi connectivity index (χ1v) is 15.4. The third kappa shape index (κ3) is 9.07. The number of nitrogens with zero attached hydrogens (tertiary/aromatic N) is 1. The van der Waals surface area contributed by atoms with Gasteiger partial charge in [-0.05, 0) is 105 Å². The van der Waals surface area contributed by atoms with Gasteiger partial charge in [0.1, 0.15) is 5.75 Å². The number of benzene rings is 2. The highest BCUT2D eigenvalue weighted by Crippen LogP contribution is 2.37. The number of methoxy groups -OCH3 is 1. The van der Waals surface area contributed by atoms with E-state index in [9.17, 15) is 14.4 Å². The van der Waals surface area contributed by atoms with Crippen molar-refractivity contribution in [3.05, 3.63) is 60.0 Å². The van der Waals surface area contributed by atoms with Gasteiger partial charge in [0.15, 0.2) is 5.78 Å². The lowest BCUT2D eigenvalue weighted by atomic mass is 9.81. The molecule has 0 spiro atoms. The molecule has 0 aromatic heterocycles. The van der Waals surface area contributed by atoms with E-state index in [1.54, 1.807) is 18.1 Å². The van der Waals surface area contributed by atoms with Crippen molar-refractivity contribution in [3.63, 3.8) is 0 Å². The first kappa shape index (κ1) is 34.6. The Hall–Kier alpha value is -3.87. The molecular weight excluding hydrogens is 554 g/mol. The number of hydrogen-bond donors (Lipinski definition) is 2. The van der Waals surface area contributed by atoms with Gasteiger partial charge in [0.2, 0.25) is 11.8 Å². The number of nitrogen functional groups attached to an aromatic ring is 1. The molecule has 1 saturated carbocycles. The monoisotopic (exact) mass is 603 g/mol. The molecule has 0 aliphatic heterocycles. The minimum atomic E-state index is -0.740. The summed E-state index contributed by atoms with van der Waals surface area (Å²) in [7, 11) is 5.14. The van der Waals surface area contributed by atoms with Crippen molar-refractivity contribution in [3.8, 4) is 16.9 Å². The number of nitrogens with two attached hydrogens (primary N) is 1. The van der Waals surface area contributed by atoms with Crippen LogP contribution in [0.5, 0.6) is 5.75 Å². The maximum atomic E-state index is 13.5. The van der Waals surface area contributed by atoms with E-state index in [4.69, 9.17) is 15.2 Å². The van der Waals surface area contributed by atoms with Gasteiger partial charge in [0.05, 0.1) is 19.2 Å². The number of rotatable bonds is 15. The standard InChI is InChI=1S/C36H49N3O5/c1-9-36(4,5)21-23(2)30-20-27(14-15-31(30)37)28-16-25(17-29(19-28)44-33(22-40)43-8)18-32(24(3)41)38-35(42)34(39(6)7)26-12-10-11-13-26/h14-17,19-20,26,32,34H,2,9-13,18,21,37H2,1,3-8H3,(H,38,42). The molecular formula is C36H49N3O5. The van der Waals surface area contributed by atoms with Crippen molar-refractivity contribution >= 4 is 28.9 Å². The summed E-state index contributed by atoms with van der Waals surface area (Å²) in [6.45, 7) is 12.4.